The van der Waals surface area contributed by atoms with E-state index in [4.69, 9.17) is 16.7 Å². The molecule has 0 amide bonds. The highest BCUT2D eigenvalue weighted by molar-refractivity contribution is 6.29. The van der Waals surface area contributed by atoms with E-state index in [2.05, 4.69) is 9.97 Å². The zero-order valence-corrected chi connectivity index (χ0v) is 11.4. The van der Waals surface area contributed by atoms with E-state index in [1.54, 1.807) is 0 Å². The summed E-state index contributed by atoms with van der Waals surface area (Å²) in [7, 11) is 0. The molecule has 4 nitrogen and oxygen atoms in total. The summed E-state index contributed by atoms with van der Waals surface area (Å²) in [5.41, 5.74) is 3.77. The topological polar surface area (TPSA) is 66.0 Å². The monoisotopic (exact) mass is 288 g/mol. The number of carboxylic acids is 1. The van der Waals surface area contributed by atoms with E-state index in [0.29, 0.717) is 11.0 Å². The van der Waals surface area contributed by atoms with E-state index < -0.39 is 5.97 Å². The number of nitrogens with zero attached hydrogens (tertiary/aromatic N) is 1. The third kappa shape index (κ3) is 2.47. The molecular weight excluding hydrogens is 276 g/mol. The molecular formula is C15H13ClN2O2. The number of aromatic carboxylic acids is 1. The second-order valence-electron chi connectivity index (χ2n) is 4.83. The molecule has 0 atom stereocenters. The summed E-state index contributed by atoms with van der Waals surface area (Å²) in [6, 6.07) is 3.41. The fourth-order valence-electron chi connectivity index (χ4n) is 2.40. The minimum atomic E-state index is -0.947. The first-order valence-electron chi connectivity index (χ1n) is 6.37. The molecule has 0 spiro atoms. The molecule has 2 heterocycles. The van der Waals surface area contributed by atoms with Crippen LogP contribution >= 0.6 is 11.6 Å². The molecule has 2 aromatic rings. The van der Waals surface area contributed by atoms with Gasteiger partial charge in [0.15, 0.2) is 0 Å². The van der Waals surface area contributed by atoms with Crippen LogP contribution in [0.2, 0.25) is 0 Å². The molecule has 2 aromatic heterocycles. The molecule has 0 saturated carbocycles. The van der Waals surface area contributed by atoms with Crippen molar-refractivity contribution < 1.29 is 9.90 Å². The number of pyridine rings is 1. The number of halogens is 1. The fraction of sp³-hybridized carbons (Fsp3) is 0.200. The minimum absolute atomic E-state index is 0.252. The highest BCUT2D eigenvalue weighted by Crippen LogP contribution is 2.25. The quantitative estimate of drug-likeness (QED) is 0.906. The summed E-state index contributed by atoms with van der Waals surface area (Å²) in [6.45, 7) is 0. The van der Waals surface area contributed by atoms with Gasteiger partial charge in [0.1, 0.15) is 0 Å². The predicted molar refractivity (Wildman–Crippen MR) is 78.0 cm³/mol. The number of allylic oxidation sites excluding steroid dienone is 4. The Kier molecular flexibility index (Phi) is 3.32. The third-order valence-electron chi connectivity index (χ3n) is 3.41. The summed E-state index contributed by atoms with van der Waals surface area (Å²) >= 11 is 5.94. The average Bonchev–Trinajstić information content (AvgIpc) is 2.83. The molecule has 2 N–H and O–H groups in total. The first-order chi connectivity index (χ1) is 9.63. The number of fused-ring (bicyclic) bond motifs is 1. The lowest BCUT2D eigenvalue weighted by atomic mass is 10.0. The fourth-order valence-corrected chi connectivity index (χ4v) is 2.56. The molecule has 0 bridgehead atoms. The van der Waals surface area contributed by atoms with Crippen LogP contribution in [0.5, 0.6) is 0 Å². The van der Waals surface area contributed by atoms with Crippen LogP contribution in [0.1, 0.15) is 28.9 Å². The number of rotatable bonds is 3. The minimum Gasteiger partial charge on any atom is -0.478 e. The number of hydrogen-bond acceptors (Lipinski definition) is 2. The lowest BCUT2D eigenvalue weighted by Crippen LogP contribution is -1.98. The Morgan fingerprint density at radius 1 is 1.40 bits per heavy atom. The van der Waals surface area contributed by atoms with Crippen LogP contribution in [0.15, 0.2) is 41.1 Å². The number of nitrogens with one attached hydrogen (secondary N) is 1. The van der Waals surface area contributed by atoms with E-state index in [1.165, 1.54) is 17.8 Å². The third-order valence-corrected chi connectivity index (χ3v) is 3.72. The Bertz CT molecular complexity index is 743. The van der Waals surface area contributed by atoms with Crippen molar-refractivity contribution in [2.45, 2.75) is 19.3 Å². The van der Waals surface area contributed by atoms with E-state index in [-0.39, 0.29) is 5.56 Å². The first kappa shape index (κ1) is 12.9. The Hall–Kier alpha value is -2.07. The second-order valence-corrected chi connectivity index (χ2v) is 5.32. The van der Waals surface area contributed by atoms with Crippen molar-refractivity contribution in [2.75, 3.05) is 0 Å². The van der Waals surface area contributed by atoms with Gasteiger partial charge in [0, 0.05) is 23.3 Å². The van der Waals surface area contributed by atoms with E-state index >= 15 is 0 Å². The first-order valence-corrected chi connectivity index (χ1v) is 6.75. The van der Waals surface area contributed by atoms with Gasteiger partial charge in [0.2, 0.25) is 0 Å². The summed E-state index contributed by atoms with van der Waals surface area (Å²) < 4.78 is 0. The van der Waals surface area contributed by atoms with Gasteiger partial charge in [-0.05, 0) is 31.1 Å². The molecule has 3 rings (SSSR count). The summed E-state index contributed by atoms with van der Waals surface area (Å²) in [6.07, 6.45) is 8.03. The summed E-state index contributed by atoms with van der Waals surface area (Å²) in [4.78, 5) is 18.5. The summed E-state index contributed by atoms with van der Waals surface area (Å²) in [5.74, 6) is -0.947. The van der Waals surface area contributed by atoms with Crippen LogP contribution in [0.25, 0.3) is 11.0 Å². The lowest BCUT2D eigenvalue weighted by Gasteiger charge is -2.09. The van der Waals surface area contributed by atoms with Gasteiger partial charge in [-0.25, -0.2) is 4.79 Å². The maximum atomic E-state index is 11.2. The van der Waals surface area contributed by atoms with Crippen LogP contribution < -0.4 is 0 Å². The highest BCUT2D eigenvalue weighted by Gasteiger charge is 2.13. The average molecular weight is 289 g/mol. The number of carboxylic acid groups (broad SMARTS) is 1. The Balaban J connectivity index is 1.94. The molecule has 1 aliphatic carbocycles. The van der Waals surface area contributed by atoms with Crippen molar-refractivity contribution in [3.05, 3.63) is 52.3 Å². The molecule has 0 saturated heterocycles. The highest BCUT2D eigenvalue weighted by atomic mass is 35.5. The SMILES string of the molecule is O=C(O)c1ccnc2cc(CC3=CC=C(Cl)CC3)[nH]c12. The van der Waals surface area contributed by atoms with Crippen LogP contribution in [0.4, 0.5) is 0 Å². The molecule has 0 aliphatic heterocycles. The molecule has 0 aromatic carbocycles. The van der Waals surface area contributed by atoms with Gasteiger partial charge in [-0.3, -0.25) is 4.98 Å². The molecule has 0 fully saturated rings. The molecule has 0 unspecified atom stereocenters. The molecule has 102 valence electrons. The van der Waals surface area contributed by atoms with Gasteiger partial charge in [-0.1, -0.05) is 23.3 Å². The van der Waals surface area contributed by atoms with E-state index in [0.717, 1.165) is 30.0 Å². The van der Waals surface area contributed by atoms with Gasteiger partial charge in [0.25, 0.3) is 0 Å². The molecule has 0 radical (unpaired) electrons. The van der Waals surface area contributed by atoms with Crippen molar-refractivity contribution in [1.29, 1.82) is 0 Å². The van der Waals surface area contributed by atoms with Crippen LogP contribution in [-0.4, -0.2) is 21.0 Å². The van der Waals surface area contributed by atoms with Gasteiger partial charge in [-0.15, -0.1) is 0 Å². The molecule has 1 aliphatic rings. The van der Waals surface area contributed by atoms with Crippen molar-refractivity contribution in [2.24, 2.45) is 0 Å². The van der Waals surface area contributed by atoms with Gasteiger partial charge in [-0.2, -0.15) is 0 Å². The van der Waals surface area contributed by atoms with Gasteiger partial charge < -0.3 is 10.1 Å². The molecule has 5 heteroatoms. The van der Waals surface area contributed by atoms with Gasteiger partial charge >= 0.3 is 5.97 Å². The van der Waals surface area contributed by atoms with Gasteiger partial charge in [0.05, 0.1) is 16.6 Å². The van der Waals surface area contributed by atoms with Crippen LogP contribution in [0, 0.1) is 0 Å². The largest absolute Gasteiger partial charge is 0.478 e. The maximum absolute atomic E-state index is 11.2. The van der Waals surface area contributed by atoms with Crippen molar-refractivity contribution in [3.8, 4) is 0 Å². The normalized spacial score (nSPS) is 15.1. The Labute approximate surface area is 120 Å². The standard InChI is InChI=1S/C15H13ClN2O2/c16-10-3-1-9(2-4-10)7-11-8-13-14(18-11)12(15(19)20)5-6-17-13/h1,3,5-6,8,18H,2,4,7H2,(H,19,20). The maximum Gasteiger partial charge on any atom is 0.337 e. The van der Waals surface area contributed by atoms with Crippen molar-refractivity contribution in [1.82, 2.24) is 9.97 Å². The van der Waals surface area contributed by atoms with E-state index in [1.807, 2.05) is 18.2 Å². The van der Waals surface area contributed by atoms with Crippen LogP contribution in [0.3, 0.4) is 0 Å². The van der Waals surface area contributed by atoms with Crippen LogP contribution in [-0.2, 0) is 6.42 Å². The zero-order valence-electron chi connectivity index (χ0n) is 10.7. The number of hydrogen-bond donors (Lipinski definition) is 2. The predicted octanol–water partition coefficient (Wildman–Crippen LogP) is 3.65. The van der Waals surface area contributed by atoms with Crippen molar-refractivity contribution in [3.63, 3.8) is 0 Å². The Morgan fingerprint density at radius 3 is 2.95 bits per heavy atom. The number of carbonyl (C=O) groups is 1. The lowest BCUT2D eigenvalue weighted by molar-refractivity contribution is 0.0699. The zero-order chi connectivity index (χ0) is 14.1. The number of aromatic nitrogens is 2. The smallest absolute Gasteiger partial charge is 0.337 e. The second kappa shape index (κ2) is 5.13. The summed E-state index contributed by atoms with van der Waals surface area (Å²) in [5, 5.41) is 10.0. The van der Waals surface area contributed by atoms with E-state index in [9.17, 15) is 4.79 Å². The number of H-pyrrole nitrogens is 1. The number of aromatic amines is 1. The Morgan fingerprint density at radius 2 is 2.25 bits per heavy atom. The molecule has 20 heavy (non-hydrogen) atoms. The van der Waals surface area contributed by atoms with Crippen molar-refractivity contribution >= 4 is 28.6 Å².